The molecule has 1 atom stereocenters. The second kappa shape index (κ2) is 7.23. The van der Waals surface area contributed by atoms with Gasteiger partial charge >= 0.3 is 6.01 Å². The summed E-state index contributed by atoms with van der Waals surface area (Å²) in [4.78, 5) is 14.5. The van der Waals surface area contributed by atoms with Crippen LogP contribution in [0.25, 0.3) is 0 Å². The van der Waals surface area contributed by atoms with E-state index in [9.17, 15) is 4.79 Å². The number of hydrogen-bond donors (Lipinski definition) is 1. The van der Waals surface area contributed by atoms with E-state index in [0.29, 0.717) is 25.1 Å². The minimum atomic E-state index is -0.420. The molecular weight excluding hydrogens is 320 g/mol. The first-order chi connectivity index (χ1) is 12.3. The number of aromatic nitrogens is 2. The molecule has 2 fully saturated rings. The maximum atomic E-state index is 12.5. The fraction of sp³-hybridized carbons (Fsp3) is 0.500. The molecule has 132 valence electrons. The van der Waals surface area contributed by atoms with Crippen LogP contribution in [0.4, 0.5) is 6.01 Å². The highest BCUT2D eigenvalue weighted by molar-refractivity contribution is 5.80. The van der Waals surface area contributed by atoms with Crippen LogP contribution in [-0.2, 0) is 9.53 Å². The predicted octanol–water partition coefficient (Wildman–Crippen LogP) is 1.91. The molecule has 0 radical (unpaired) electrons. The fourth-order valence-electron chi connectivity index (χ4n) is 3.09. The maximum Gasteiger partial charge on any atom is 0.318 e. The van der Waals surface area contributed by atoms with E-state index in [0.717, 1.165) is 37.9 Å². The van der Waals surface area contributed by atoms with Gasteiger partial charge in [-0.05, 0) is 18.4 Å². The van der Waals surface area contributed by atoms with Gasteiger partial charge in [-0.1, -0.05) is 41.9 Å². The Labute approximate surface area is 146 Å². The van der Waals surface area contributed by atoms with Gasteiger partial charge in [-0.15, -0.1) is 5.10 Å². The van der Waals surface area contributed by atoms with Crippen LogP contribution in [0.1, 0.15) is 36.8 Å². The van der Waals surface area contributed by atoms with Crippen LogP contribution in [0.5, 0.6) is 0 Å². The van der Waals surface area contributed by atoms with Crippen molar-refractivity contribution in [2.75, 3.05) is 31.2 Å². The Kier molecular flexibility index (Phi) is 4.65. The molecule has 1 aliphatic carbocycles. The second-order valence-corrected chi connectivity index (χ2v) is 6.50. The van der Waals surface area contributed by atoms with E-state index in [4.69, 9.17) is 9.15 Å². The summed E-state index contributed by atoms with van der Waals surface area (Å²) in [5, 5.41) is 11.5. The quantitative estimate of drug-likeness (QED) is 0.894. The molecule has 0 spiro atoms. The van der Waals surface area contributed by atoms with Crippen molar-refractivity contribution < 1.29 is 13.9 Å². The van der Waals surface area contributed by atoms with Gasteiger partial charge in [0.2, 0.25) is 11.8 Å². The molecule has 1 aromatic heterocycles. The Bertz CT molecular complexity index is 708. The molecule has 2 aliphatic rings. The van der Waals surface area contributed by atoms with Crippen LogP contribution < -0.4 is 10.2 Å². The minimum Gasteiger partial charge on any atom is -0.405 e. The number of benzene rings is 1. The predicted molar refractivity (Wildman–Crippen MR) is 91.1 cm³/mol. The molecule has 1 N–H and O–H groups in total. The monoisotopic (exact) mass is 342 g/mol. The Balaban J connectivity index is 1.56. The number of carbonyl (C=O) groups excluding carboxylic acids is 1. The fourth-order valence-corrected chi connectivity index (χ4v) is 3.09. The lowest BCUT2D eigenvalue weighted by molar-refractivity contribution is -0.128. The van der Waals surface area contributed by atoms with E-state index in [1.54, 1.807) is 0 Å². The summed E-state index contributed by atoms with van der Waals surface area (Å²) in [5.74, 6) is 0.583. The highest BCUT2D eigenvalue weighted by Gasteiger charge is 2.30. The van der Waals surface area contributed by atoms with Gasteiger partial charge in [-0.2, -0.15) is 0 Å². The zero-order chi connectivity index (χ0) is 17.1. The smallest absolute Gasteiger partial charge is 0.318 e. The van der Waals surface area contributed by atoms with E-state index in [1.165, 1.54) is 0 Å². The number of amides is 1. The number of nitrogens with zero attached hydrogens (tertiary/aromatic N) is 3. The van der Waals surface area contributed by atoms with E-state index >= 15 is 0 Å². The molecule has 2 heterocycles. The zero-order valence-electron chi connectivity index (χ0n) is 14.1. The largest absolute Gasteiger partial charge is 0.405 e. The third kappa shape index (κ3) is 3.51. The number of nitrogens with one attached hydrogen (secondary N) is 1. The van der Waals surface area contributed by atoms with Crippen molar-refractivity contribution in [3.05, 3.63) is 41.8 Å². The van der Waals surface area contributed by atoms with Crippen LogP contribution in [0.15, 0.2) is 34.7 Å². The number of carbonyl (C=O) groups is 1. The SMILES string of the molecule is O=C(N[C@@H](c1ccccc1)c1nnc(N2CCOCC2)o1)C1CCC1. The van der Waals surface area contributed by atoms with Gasteiger partial charge < -0.3 is 19.4 Å². The average Bonchev–Trinajstić information content (AvgIpc) is 3.09. The number of morpholine rings is 1. The summed E-state index contributed by atoms with van der Waals surface area (Å²) < 4.78 is 11.3. The molecule has 1 saturated heterocycles. The maximum absolute atomic E-state index is 12.5. The summed E-state index contributed by atoms with van der Waals surface area (Å²) in [6.07, 6.45) is 3.03. The average molecular weight is 342 g/mol. The molecule has 0 bridgehead atoms. The van der Waals surface area contributed by atoms with Crippen molar-refractivity contribution >= 4 is 11.9 Å². The van der Waals surface area contributed by atoms with Crippen molar-refractivity contribution in [2.45, 2.75) is 25.3 Å². The zero-order valence-corrected chi connectivity index (χ0v) is 14.1. The standard InChI is InChI=1S/C18H22N4O3/c23-16(14-7-4-8-14)19-15(13-5-2-1-3-6-13)17-20-21-18(25-17)22-9-11-24-12-10-22/h1-3,5-6,14-15H,4,7-12H2,(H,19,23)/t15-/m0/s1. The highest BCUT2D eigenvalue weighted by atomic mass is 16.5. The molecule has 7 nitrogen and oxygen atoms in total. The van der Waals surface area contributed by atoms with Crippen molar-refractivity contribution in [3.8, 4) is 0 Å². The molecular formula is C18H22N4O3. The molecule has 4 rings (SSSR count). The van der Waals surface area contributed by atoms with Gasteiger partial charge in [0.05, 0.1) is 13.2 Å². The van der Waals surface area contributed by atoms with Crippen LogP contribution in [0, 0.1) is 5.92 Å². The van der Waals surface area contributed by atoms with Gasteiger partial charge in [0.1, 0.15) is 6.04 Å². The van der Waals surface area contributed by atoms with Crippen LogP contribution in [0.3, 0.4) is 0 Å². The molecule has 7 heteroatoms. The van der Waals surface area contributed by atoms with Crippen molar-refractivity contribution in [3.63, 3.8) is 0 Å². The summed E-state index contributed by atoms with van der Waals surface area (Å²) in [5.41, 5.74) is 0.937. The summed E-state index contributed by atoms with van der Waals surface area (Å²) in [6.45, 7) is 2.76. The van der Waals surface area contributed by atoms with Gasteiger partial charge in [0.25, 0.3) is 0 Å². The lowest BCUT2D eigenvalue weighted by Crippen LogP contribution is -2.37. The highest BCUT2D eigenvalue weighted by Crippen LogP contribution is 2.29. The van der Waals surface area contributed by atoms with Crippen LogP contribution in [0.2, 0.25) is 0 Å². The van der Waals surface area contributed by atoms with Gasteiger partial charge in [-0.3, -0.25) is 4.79 Å². The van der Waals surface area contributed by atoms with E-state index in [-0.39, 0.29) is 11.8 Å². The number of rotatable bonds is 5. The third-order valence-corrected chi connectivity index (χ3v) is 4.85. The molecule has 1 saturated carbocycles. The molecule has 1 aromatic carbocycles. The van der Waals surface area contributed by atoms with Crippen molar-refractivity contribution in [1.29, 1.82) is 0 Å². The Hall–Kier alpha value is -2.41. The Morgan fingerprint density at radius 2 is 1.92 bits per heavy atom. The lowest BCUT2D eigenvalue weighted by Gasteiger charge is -2.26. The lowest BCUT2D eigenvalue weighted by atomic mass is 9.84. The first kappa shape index (κ1) is 16.1. The first-order valence-corrected chi connectivity index (χ1v) is 8.82. The molecule has 25 heavy (non-hydrogen) atoms. The summed E-state index contributed by atoms with van der Waals surface area (Å²) in [6, 6.07) is 9.82. The number of hydrogen-bond acceptors (Lipinski definition) is 6. The third-order valence-electron chi connectivity index (χ3n) is 4.85. The van der Waals surface area contributed by atoms with Gasteiger partial charge in [0, 0.05) is 19.0 Å². The second-order valence-electron chi connectivity index (χ2n) is 6.50. The normalized spacial score (nSPS) is 19.3. The van der Waals surface area contributed by atoms with Crippen LogP contribution in [-0.4, -0.2) is 42.4 Å². The summed E-state index contributed by atoms with van der Waals surface area (Å²) in [7, 11) is 0. The van der Waals surface area contributed by atoms with Crippen molar-refractivity contribution in [1.82, 2.24) is 15.5 Å². The molecule has 0 unspecified atom stereocenters. The van der Waals surface area contributed by atoms with Crippen molar-refractivity contribution in [2.24, 2.45) is 5.92 Å². The number of anilines is 1. The summed E-state index contributed by atoms with van der Waals surface area (Å²) >= 11 is 0. The first-order valence-electron chi connectivity index (χ1n) is 8.82. The van der Waals surface area contributed by atoms with Gasteiger partial charge in [0.15, 0.2) is 0 Å². The molecule has 1 amide bonds. The molecule has 1 aliphatic heterocycles. The van der Waals surface area contributed by atoms with E-state index in [2.05, 4.69) is 15.5 Å². The van der Waals surface area contributed by atoms with E-state index < -0.39 is 6.04 Å². The minimum absolute atomic E-state index is 0.0613. The van der Waals surface area contributed by atoms with E-state index in [1.807, 2.05) is 35.2 Å². The topological polar surface area (TPSA) is 80.5 Å². The van der Waals surface area contributed by atoms with Crippen LogP contribution >= 0.6 is 0 Å². The molecule has 2 aromatic rings. The Morgan fingerprint density at radius 3 is 2.60 bits per heavy atom. The Morgan fingerprint density at radius 1 is 1.16 bits per heavy atom. The number of ether oxygens (including phenoxy) is 1. The van der Waals surface area contributed by atoms with Gasteiger partial charge in [-0.25, -0.2) is 0 Å².